The van der Waals surface area contributed by atoms with Crippen molar-refractivity contribution >= 4 is 11.7 Å². The van der Waals surface area contributed by atoms with Gasteiger partial charge >= 0.3 is 11.7 Å². The number of ether oxygens (including phenoxy) is 1. The molecule has 4 nitrogen and oxygen atoms in total. The molecule has 4 heteroatoms. The van der Waals surface area contributed by atoms with Crippen LogP contribution in [0.25, 0.3) is 0 Å². The minimum atomic E-state index is -0.596. The van der Waals surface area contributed by atoms with Crippen LogP contribution in [0.3, 0.4) is 0 Å². The molecular formula is C11H13NO3. The quantitative estimate of drug-likeness (QED) is 0.246. The molecule has 0 aliphatic heterocycles. The first kappa shape index (κ1) is 11.2. The third-order valence-corrected chi connectivity index (χ3v) is 1.83. The van der Waals surface area contributed by atoms with Crippen LogP contribution >= 0.6 is 0 Å². The lowest BCUT2D eigenvalue weighted by Crippen LogP contribution is -2.26. The molecule has 80 valence electrons. The topological polar surface area (TPSA) is 52.4 Å². The molecule has 0 aliphatic carbocycles. The molecule has 0 aliphatic rings. The van der Waals surface area contributed by atoms with E-state index in [9.17, 15) is 10.0 Å². The van der Waals surface area contributed by atoms with Gasteiger partial charge in [-0.25, -0.2) is 9.53 Å². The summed E-state index contributed by atoms with van der Waals surface area (Å²) in [7, 11) is 1.28. The monoisotopic (exact) mass is 207 g/mol. The first-order valence-corrected chi connectivity index (χ1v) is 4.67. The van der Waals surface area contributed by atoms with Gasteiger partial charge in [0.25, 0.3) is 0 Å². The summed E-state index contributed by atoms with van der Waals surface area (Å²) >= 11 is 0. The van der Waals surface area contributed by atoms with Crippen LogP contribution in [0.1, 0.15) is 12.5 Å². The lowest BCUT2D eigenvalue weighted by Gasteiger charge is -2.06. The van der Waals surface area contributed by atoms with E-state index in [1.54, 1.807) is 31.2 Å². The van der Waals surface area contributed by atoms with Gasteiger partial charge in [0.15, 0.2) is 0 Å². The lowest BCUT2D eigenvalue weighted by molar-refractivity contribution is -0.421. The number of hydrogen-bond acceptors (Lipinski definition) is 3. The van der Waals surface area contributed by atoms with Crippen LogP contribution in [0, 0.1) is 5.21 Å². The van der Waals surface area contributed by atoms with Gasteiger partial charge < -0.3 is 9.94 Å². The van der Waals surface area contributed by atoms with Gasteiger partial charge in [0, 0.05) is 0 Å². The van der Waals surface area contributed by atoms with Crippen molar-refractivity contribution in [1.82, 2.24) is 0 Å². The van der Waals surface area contributed by atoms with Crippen molar-refractivity contribution < 1.29 is 14.3 Å². The second-order valence-electron chi connectivity index (χ2n) is 2.93. The van der Waals surface area contributed by atoms with Crippen LogP contribution in [0.4, 0.5) is 0 Å². The van der Waals surface area contributed by atoms with E-state index in [2.05, 4.69) is 0 Å². The zero-order chi connectivity index (χ0) is 11.3. The highest BCUT2D eigenvalue weighted by molar-refractivity contribution is 6.41. The SMILES string of the molecule is CCOC(=O)/C(c1ccccc1)=[N+](\C)[O-]. The Morgan fingerprint density at radius 2 is 2.00 bits per heavy atom. The number of hydroxylamine groups is 1. The first-order valence-electron chi connectivity index (χ1n) is 4.67. The molecule has 0 radical (unpaired) electrons. The van der Waals surface area contributed by atoms with Crippen molar-refractivity contribution in [1.29, 1.82) is 0 Å². The second kappa shape index (κ2) is 5.14. The van der Waals surface area contributed by atoms with E-state index >= 15 is 0 Å². The third kappa shape index (κ3) is 2.80. The predicted molar refractivity (Wildman–Crippen MR) is 56.7 cm³/mol. The summed E-state index contributed by atoms with van der Waals surface area (Å²) in [6, 6.07) is 8.73. The Morgan fingerprint density at radius 1 is 1.40 bits per heavy atom. The Labute approximate surface area is 88.4 Å². The number of benzene rings is 1. The third-order valence-electron chi connectivity index (χ3n) is 1.83. The summed E-state index contributed by atoms with van der Waals surface area (Å²) in [6.07, 6.45) is 0. The predicted octanol–water partition coefficient (Wildman–Crippen LogP) is 1.18. The molecule has 0 saturated carbocycles. The minimum Gasteiger partial charge on any atom is -0.623 e. The molecule has 0 N–H and O–H groups in total. The van der Waals surface area contributed by atoms with E-state index in [0.29, 0.717) is 10.3 Å². The highest BCUT2D eigenvalue weighted by Gasteiger charge is 2.22. The zero-order valence-electron chi connectivity index (χ0n) is 8.77. The maximum absolute atomic E-state index is 11.5. The standard InChI is InChI=1S/C11H13NO3/c1-3-15-11(13)10(12(2)14)9-7-5-4-6-8-9/h4-8H,3H2,1-2H3/b12-10+. The van der Waals surface area contributed by atoms with Crippen LogP contribution in [0.15, 0.2) is 30.3 Å². The van der Waals surface area contributed by atoms with Gasteiger partial charge in [-0.2, -0.15) is 0 Å². The molecule has 0 bridgehead atoms. The van der Waals surface area contributed by atoms with Crippen LogP contribution in [-0.2, 0) is 9.53 Å². The van der Waals surface area contributed by atoms with E-state index in [0.717, 1.165) is 0 Å². The van der Waals surface area contributed by atoms with E-state index in [1.807, 2.05) is 6.07 Å². The average Bonchev–Trinajstić information content (AvgIpc) is 2.19. The van der Waals surface area contributed by atoms with Crippen molar-refractivity contribution in [3.05, 3.63) is 41.1 Å². The number of hydrogen-bond donors (Lipinski definition) is 0. The zero-order valence-corrected chi connectivity index (χ0v) is 8.77. The lowest BCUT2D eigenvalue weighted by atomic mass is 10.1. The maximum atomic E-state index is 11.5. The summed E-state index contributed by atoms with van der Waals surface area (Å²) < 4.78 is 5.32. The Balaban J connectivity index is 3.06. The first-order chi connectivity index (χ1) is 7.16. The molecule has 1 rings (SSSR count). The Hall–Kier alpha value is -1.84. The summed E-state index contributed by atoms with van der Waals surface area (Å²) in [4.78, 5) is 11.5. The largest absolute Gasteiger partial charge is 0.623 e. The van der Waals surface area contributed by atoms with Gasteiger partial charge in [0.2, 0.25) is 0 Å². The molecule has 0 amide bonds. The highest BCUT2D eigenvalue weighted by atomic mass is 16.5. The van der Waals surface area contributed by atoms with Gasteiger partial charge in [-0.1, -0.05) is 18.2 Å². The molecule has 1 aromatic rings. The molecule has 0 aromatic heterocycles. The summed E-state index contributed by atoms with van der Waals surface area (Å²) in [5.74, 6) is -0.596. The Kier molecular flexibility index (Phi) is 3.85. The Morgan fingerprint density at radius 3 is 2.47 bits per heavy atom. The summed E-state index contributed by atoms with van der Waals surface area (Å²) in [5, 5.41) is 11.2. The van der Waals surface area contributed by atoms with Gasteiger partial charge in [0.05, 0.1) is 12.2 Å². The molecule has 0 unspecified atom stereocenters. The number of carbonyl (C=O) groups is 1. The van der Waals surface area contributed by atoms with E-state index < -0.39 is 5.97 Å². The van der Waals surface area contributed by atoms with Crippen LogP contribution in [-0.4, -0.2) is 30.1 Å². The van der Waals surface area contributed by atoms with Crippen molar-refractivity contribution in [3.63, 3.8) is 0 Å². The fourth-order valence-electron chi connectivity index (χ4n) is 1.22. The minimum absolute atomic E-state index is 0.0254. The van der Waals surface area contributed by atoms with E-state index in [-0.39, 0.29) is 12.3 Å². The highest BCUT2D eigenvalue weighted by Crippen LogP contribution is 2.02. The van der Waals surface area contributed by atoms with Crippen LogP contribution < -0.4 is 0 Å². The smallest absolute Gasteiger partial charge is 0.405 e. The number of esters is 1. The number of rotatable bonds is 3. The fraction of sp³-hybridized carbons (Fsp3) is 0.273. The molecule has 15 heavy (non-hydrogen) atoms. The van der Waals surface area contributed by atoms with Crippen molar-refractivity contribution in [3.8, 4) is 0 Å². The van der Waals surface area contributed by atoms with Crippen LogP contribution in [0.2, 0.25) is 0 Å². The van der Waals surface area contributed by atoms with Gasteiger partial charge in [-0.15, -0.1) is 0 Å². The fourth-order valence-corrected chi connectivity index (χ4v) is 1.22. The van der Waals surface area contributed by atoms with Crippen LogP contribution in [0.5, 0.6) is 0 Å². The average molecular weight is 207 g/mol. The van der Waals surface area contributed by atoms with Gasteiger partial charge in [0.1, 0.15) is 7.05 Å². The molecule has 0 saturated heterocycles. The Bertz CT molecular complexity index is 367. The van der Waals surface area contributed by atoms with Gasteiger partial charge in [-0.05, 0) is 19.1 Å². The molecular weight excluding hydrogens is 194 g/mol. The van der Waals surface area contributed by atoms with Crippen molar-refractivity contribution in [2.45, 2.75) is 6.92 Å². The van der Waals surface area contributed by atoms with E-state index in [4.69, 9.17) is 4.74 Å². The van der Waals surface area contributed by atoms with Crippen molar-refractivity contribution in [2.24, 2.45) is 0 Å². The second-order valence-corrected chi connectivity index (χ2v) is 2.93. The number of carbonyl (C=O) groups excluding carboxylic acids is 1. The molecule has 0 fully saturated rings. The van der Waals surface area contributed by atoms with Crippen molar-refractivity contribution in [2.75, 3.05) is 13.7 Å². The summed E-state index contributed by atoms with van der Waals surface area (Å²) in [5.41, 5.74) is 0.589. The summed E-state index contributed by atoms with van der Waals surface area (Å²) in [6.45, 7) is 1.95. The molecule has 0 spiro atoms. The normalized spacial score (nSPS) is 11.9. The maximum Gasteiger partial charge on any atom is 0.405 e. The van der Waals surface area contributed by atoms with Gasteiger partial charge in [-0.3, -0.25) is 0 Å². The molecule has 0 heterocycles. The number of nitrogens with zero attached hydrogens (tertiary/aromatic N) is 1. The molecule has 0 atom stereocenters. The molecule has 1 aromatic carbocycles. The van der Waals surface area contributed by atoms with E-state index in [1.165, 1.54) is 7.05 Å².